The van der Waals surface area contributed by atoms with Crippen LogP contribution in [0.2, 0.25) is 0 Å². The average Bonchev–Trinajstić information content (AvgIpc) is 2.41. The molecule has 1 aromatic heterocycles. The lowest BCUT2D eigenvalue weighted by atomic mass is 10.3. The van der Waals surface area contributed by atoms with Crippen LogP contribution < -0.4 is 11.1 Å². The van der Waals surface area contributed by atoms with Crippen molar-refractivity contribution < 1.29 is 9.21 Å². The third kappa shape index (κ3) is 1.73. The summed E-state index contributed by atoms with van der Waals surface area (Å²) in [7, 11) is 1.61. The monoisotopic (exact) mass is 226 g/mol. The number of nitrogens with zero attached hydrogens (tertiary/aromatic N) is 1. The van der Waals surface area contributed by atoms with Crippen LogP contribution in [0.4, 0.5) is 10.5 Å². The lowest BCUT2D eigenvalue weighted by Gasteiger charge is -1.99. The van der Waals surface area contributed by atoms with Crippen LogP contribution in [-0.2, 0) is 7.05 Å². The first-order valence-corrected chi connectivity index (χ1v) is 4.52. The number of amides is 1. The van der Waals surface area contributed by atoms with Crippen LogP contribution in [0.25, 0.3) is 11.1 Å². The normalized spacial score (nSPS) is 10.5. The Morgan fingerprint density at radius 1 is 1.53 bits per heavy atom. The van der Waals surface area contributed by atoms with Gasteiger partial charge in [0.05, 0.1) is 5.52 Å². The standard InChI is InChI=1S/C9H7ClN2O3/c1-12-6-3-2-5(11-8(10)13)4-7(6)15-9(12)14/h2-4H,1H3,(H,11,13). The number of carbonyl (C=O) groups excluding carboxylic acids is 1. The molecule has 0 spiro atoms. The maximum atomic E-state index is 11.2. The number of halogens is 1. The zero-order valence-corrected chi connectivity index (χ0v) is 8.54. The fourth-order valence-corrected chi connectivity index (χ4v) is 1.43. The highest BCUT2D eigenvalue weighted by Gasteiger charge is 2.06. The molecule has 1 heterocycles. The Hall–Kier alpha value is -1.75. The van der Waals surface area contributed by atoms with Gasteiger partial charge in [0.15, 0.2) is 5.58 Å². The predicted molar refractivity (Wildman–Crippen MR) is 56.3 cm³/mol. The molecular formula is C9H7ClN2O3. The van der Waals surface area contributed by atoms with E-state index < -0.39 is 11.1 Å². The van der Waals surface area contributed by atoms with Crippen molar-refractivity contribution in [1.82, 2.24) is 4.57 Å². The lowest BCUT2D eigenvalue weighted by Crippen LogP contribution is -2.08. The van der Waals surface area contributed by atoms with E-state index in [1.165, 1.54) is 10.6 Å². The Balaban J connectivity index is 2.57. The van der Waals surface area contributed by atoms with Gasteiger partial charge < -0.3 is 9.73 Å². The minimum atomic E-state index is -0.687. The van der Waals surface area contributed by atoms with Crippen LogP contribution >= 0.6 is 11.6 Å². The lowest BCUT2D eigenvalue weighted by molar-refractivity contribution is 0.269. The van der Waals surface area contributed by atoms with Gasteiger partial charge >= 0.3 is 11.1 Å². The summed E-state index contributed by atoms with van der Waals surface area (Å²) in [4.78, 5) is 21.7. The van der Waals surface area contributed by atoms with Gasteiger partial charge in [-0.25, -0.2) is 4.79 Å². The predicted octanol–water partition coefficient (Wildman–Crippen LogP) is 1.90. The zero-order chi connectivity index (χ0) is 11.0. The molecule has 15 heavy (non-hydrogen) atoms. The summed E-state index contributed by atoms with van der Waals surface area (Å²) in [6.07, 6.45) is 0. The maximum absolute atomic E-state index is 11.2. The van der Waals surface area contributed by atoms with Crippen LogP contribution in [0.15, 0.2) is 27.4 Å². The topological polar surface area (TPSA) is 64.2 Å². The number of anilines is 1. The highest BCUT2D eigenvalue weighted by atomic mass is 35.5. The molecule has 1 N–H and O–H groups in total. The second kappa shape index (κ2) is 3.43. The molecule has 0 aliphatic rings. The molecule has 78 valence electrons. The molecule has 6 heteroatoms. The van der Waals surface area contributed by atoms with E-state index in [9.17, 15) is 9.59 Å². The van der Waals surface area contributed by atoms with Gasteiger partial charge in [-0.15, -0.1) is 0 Å². The van der Waals surface area contributed by atoms with E-state index in [1.54, 1.807) is 19.2 Å². The zero-order valence-electron chi connectivity index (χ0n) is 7.78. The second-order valence-corrected chi connectivity index (χ2v) is 3.35. The average molecular weight is 227 g/mol. The largest absolute Gasteiger partial charge is 0.419 e. The molecule has 1 aromatic carbocycles. The number of aromatic nitrogens is 1. The number of nitrogens with one attached hydrogen (secondary N) is 1. The second-order valence-electron chi connectivity index (χ2n) is 3.01. The fraction of sp³-hybridized carbons (Fsp3) is 0.111. The Labute approximate surface area is 89.2 Å². The van der Waals surface area contributed by atoms with E-state index >= 15 is 0 Å². The van der Waals surface area contributed by atoms with Gasteiger partial charge in [-0.05, 0) is 23.7 Å². The summed E-state index contributed by atoms with van der Waals surface area (Å²) in [5, 5.41) is 1.69. The number of aryl methyl sites for hydroxylation is 1. The summed E-state index contributed by atoms with van der Waals surface area (Å²) in [6.45, 7) is 0. The SMILES string of the molecule is Cn1c(=O)oc2cc(NC(=O)Cl)ccc21. The van der Waals surface area contributed by atoms with E-state index in [4.69, 9.17) is 16.0 Å². The highest BCUT2D eigenvalue weighted by Crippen LogP contribution is 2.17. The first kappa shape index (κ1) is 9.79. The number of carbonyl (C=O) groups is 1. The molecule has 0 saturated heterocycles. The van der Waals surface area contributed by atoms with Gasteiger partial charge in [-0.1, -0.05) is 0 Å². The van der Waals surface area contributed by atoms with Gasteiger partial charge in [0.1, 0.15) is 0 Å². The fourth-order valence-electron chi connectivity index (χ4n) is 1.33. The molecule has 2 aromatic rings. The molecule has 0 unspecified atom stereocenters. The van der Waals surface area contributed by atoms with Gasteiger partial charge in [-0.3, -0.25) is 9.36 Å². The Bertz CT molecular complexity index is 585. The number of oxazole rings is 1. The molecule has 0 fully saturated rings. The Morgan fingerprint density at radius 2 is 2.27 bits per heavy atom. The highest BCUT2D eigenvalue weighted by molar-refractivity contribution is 6.65. The van der Waals surface area contributed by atoms with Crippen molar-refractivity contribution in [3.8, 4) is 0 Å². The van der Waals surface area contributed by atoms with E-state index in [0.29, 0.717) is 16.8 Å². The Morgan fingerprint density at radius 3 is 2.93 bits per heavy atom. The third-order valence-corrected chi connectivity index (χ3v) is 2.13. The number of fused-ring (bicyclic) bond motifs is 1. The van der Waals surface area contributed by atoms with Gasteiger partial charge in [0.25, 0.3) is 0 Å². The van der Waals surface area contributed by atoms with Crippen LogP contribution in [0.1, 0.15) is 0 Å². The molecule has 0 bridgehead atoms. The van der Waals surface area contributed by atoms with E-state index in [1.807, 2.05) is 0 Å². The molecule has 0 radical (unpaired) electrons. The minimum absolute atomic E-state index is 0.408. The first-order valence-electron chi connectivity index (χ1n) is 4.14. The molecule has 0 aliphatic carbocycles. The smallest absolute Gasteiger partial charge is 0.408 e. The van der Waals surface area contributed by atoms with Crippen LogP contribution in [0.5, 0.6) is 0 Å². The molecule has 1 amide bonds. The number of benzene rings is 1. The molecular weight excluding hydrogens is 220 g/mol. The Kier molecular flexibility index (Phi) is 2.24. The molecule has 0 saturated carbocycles. The van der Waals surface area contributed by atoms with E-state index in [0.717, 1.165) is 0 Å². The third-order valence-electron chi connectivity index (χ3n) is 2.03. The van der Waals surface area contributed by atoms with Crippen molar-refractivity contribution in [2.24, 2.45) is 7.05 Å². The van der Waals surface area contributed by atoms with Crippen LogP contribution in [0.3, 0.4) is 0 Å². The van der Waals surface area contributed by atoms with E-state index in [2.05, 4.69) is 5.32 Å². The maximum Gasteiger partial charge on any atom is 0.419 e. The molecule has 0 aliphatic heterocycles. The number of hydrogen-bond donors (Lipinski definition) is 1. The summed E-state index contributed by atoms with van der Waals surface area (Å²) in [6, 6.07) is 4.84. The quantitative estimate of drug-likeness (QED) is 0.597. The van der Waals surface area contributed by atoms with Crippen molar-refractivity contribution in [3.05, 3.63) is 28.7 Å². The van der Waals surface area contributed by atoms with Crippen molar-refractivity contribution in [2.75, 3.05) is 5.32 Å². The molecule has 5 nitrogen and oxygen atoms in total. The number of hydrogen-bond acceptors (Lipinski definition) is 3. The number of rotatable bonds is 1. The molecule has 2 rings (SSSR count). The van der Waals surface area contributed by atoms with Crippen LogP contribution in [-0.4, -0.2) is 9.93 Å². The molecule has 0 atom stereocenters. The van der Waals surface area contributed by atoms with Gasteiger partial charge in [-0.2, -0.15) is 0 Å². The van der Waals surface area contributed by atoms with E-state index in [-0.39, 0.29) is 0 Å². The van der Waals surface area contributed by atoms with Gasteiger partial charge in [0, 0.05) is 18.8 Å². The van der Waals surface area contributed by atoms with Crippen molar-refractivity contribution in [3.63, 3.8) is 0 Å². The minimum Gasteiger partial charge on any atom is -0.408 e. The van der Waals surface area contributed by atoms with Crippen molar-refractivity contribution in [2.45, 2.75) is 0 Å². The summed E-state index contributed by atoms with van der Waals surface area (Å²) in [5.41, 5.74) is 1.55. The van der Waals surface area contributed by atoms with Crippen molar-refractivity contribution >= 4 is 33.8 Å². The first-order chi connectivity index (χ1) is 7.08. The summed E-state index contributed by atoms with van der Waals surface area (Å²) >= 11 is 5.15. The van der Waals surface area contributed by atoms with Gasteiger partial charge in [0.2, 0.25) is 0 Å². The van der Waals surface area contributed by atoms with Crippen LogP contribution in [0, 0.1) is 0 Å². The summed E-state index contributed by atoms with van der Waals surface area (Å²) < 4.78 is 6.31. The van der Waals surface area contributed by atoms with Crippen molar-refractivity contribution in [1.29, 1.82) is 0 Å². The summed E-state index contributed by atoms with van der Waals surface area (Å²) in [5.74, 6) is -0.445.